The van der Waals surface area contributed by atoms with E-state index in [2.05, 4.69) is 5.32 Å². The van der Waals surface area contributed by atoms with E-state index in [0.29, 0.717) is 10.7 Å². The highest BCUT2D eigenvalue weighted by atomic mass is 35.5. The third-order valence-corrected chi connectivity index (χ3v) is 4.18. The fraction of sp³-hybridized carbons (Fsp3) is 0.467. The van der Waals surface area contributed by atoms with E-state index in [-0.39, 0.29) is 17.9 Å². The minimum atomic E-state index is -1.07. The molecule has 0 saturated heterocycles. The van der Waals surface area contributed by atoms with Crippen molar-refractivity contribution < 1.29 is 14.7 Å². The quantitative estimate of drug-likeness (QED) is 0.797. The standard InChI is InChI=1S/C15H19ClN2O3/c16-11-5-4-10(14(20)21)8-12(11)18-13(19)9-15(17)6-2-1-3-7-15/h4-5,8H,1-3,6-7,9,17H2,(H,18,19)(H,20,21). The third kappa shape index (κ3) is 4.19. The molecule has 0 heterocycles. The van der Waals surface area contributed by atoms with E-state index in [1.807, 2.05) is 0 Å². The van der Waals surface area contributed by atoms with Gasteiger partial charge in [0.05, 0.1) is 16.3 Å². The number of hydrogen-bond donors (Lipinski definition) is 3. The Morgan fingerprint density at radius 1 is 1.29 bits per heavy atom. The summed E-state index contributed by atoms with van der Waals surface area (Å²) in [7, 11) is 0. The van der Waals surface area contributed by atoms with Gasteiger partial charge in [0.1, 0.15) is 0 Å². The number of carbonyl (C=O) groups excluding carboxylic acids is 1. The van der Waals surface area contributed by atoms with E-state index in [1.165, 1.54) is 18.2 Å². The predicted octanol–water partition coefficient (Wildman–Crippen LogP) is 3.03. The van der Waals surface area contributed by atoms with Gasteiger partial charge >= 0.3 is 5.97 Å². The maximum Gasteiger partial charge on any atom is 0.335 e. The molecular formula is C15H19ClN2O3. The summed E-state index contributed by atoms with van der Waals surface area (Å²) in [5, 5.41) is 11.9. The molecule has 1 fully saturated rings. The highest BCUT2D eigenvalue weighted by Crippen LogP contribution is 2.30. The van der Waals surface area contributed by atoms with Crippen molar-refractivity contribution in [2.75, 3.05) is 5.32 Å². The fourth-order valence-corrected chi connectivity index (χ4v) is 2.87. The SMILES string of the molecule is NC1(CC(=O)Nc2cc(C(=O)O)ccc2Cl)CCCCC1. The maximum absolute atomic E-state index is 12.1. The van der Waals surface area contributed by atoms with Crippen molar-refractivity contribution in [2.24, 2.45) is 5.73 Å². The van der Waals surface area contributed by atoms with Crippen LogP contribution in [0.1, 0.15) is 48.9 Å². The number of carboxylic acids is 1. The van der Waals surface area contributed by atoms with Crippen molar-refractivity contribution >= 4 is 29.2 Å². The molecule has 1 aromatic carbocycles. The Balaban J connectivity index is 2.05. The van der Waals surface area contributed by atoms with Crippen LogP contribution >= 0.6 is 11.6 Å². The molecule has 1 amide bonds. The van der Waals surface area contributed by atoms with Gasteiger partial charge in [-0.3, -0.25) is 4.79 Å². The minimum Gasteiger partial charge on any atom is -0.478 e. The zero-order valence-electron chi connectivity index (χ0n) is 11.7. The molecule has 0 radical (unpaired) electrons. The van der Waals surface area contributed by atoms with Crippen molar-refractivity contribution in [2.45, 2.75) is 44.1 Å². The van der Waals surface area contributed by atoms with Crippen LogP contribution in [-0.4, -0.2) is 22.5 Å². The Bertz CT molecular complexity index is 554. The average Bonchev–Trinajstić information content (AvgIpc) is 2.41. The van der Waals surface area contributed by atoms with Crippen LogP contribution in [0.5, 0.6) is 0 Å². The van der Waals surface area contributed by atoms with Crippen molar-refractivity contribution in [3.05, 3.63) is 28.8 Å². The number of hydrogen-bond acceptors (Lipinski definition) is 3. The van der Waals surface area contributed by atoms with E-state index in [1.54, 1.807) is 0 Å². The Kier molecular flexibility index (Phi) is 4.85. The van der Waals surface area contributed by atoms with E-state index in [9.17, 15) is 9.59 Å². The molecular weight excluding hydrogens is 292 g/mol. The lowest BCUT2D eigenvalue weighted by Crippen LogP contribution is -2.44. The average molecular weight is 311 g/mol. The topological polar surface area (TPSA) is 92.4 Å². The first kappa shape index (κ1) is 15.8. The first-order valence-corrected chi connectivity index (χ1v) is 7.39. The molecule has 0 atom stereocenters. The van der Waals surface area contributed by atoms with E-state index < -0.39 is 11.5 Å². The van der Waals surface area contributed by atoms with Crippen LogP contribution in [0.15, 0.2) is 18.2 Å². The Labute approximate surface area is 128 Å². The van der Waals surface area contributed by atoms with Gasteiger partial charge in [-0.15, -0.1) is 0 Å². The Morgan fingerprint density at radius 3 is 2.57 bits per heavy atom. The lowest BCUT2D eigenvalue weighted by atomic mass is 9.80. The summed E-state index contributed by atoms with van der Waals surface area (Å²) in [4.78, 5) is 23.1. The van der Waals surface area contributed by atoms with Crippen LogP contribution in [-0.2, 0) is 4.79 Å². The molecule has 4 N–H and O–H groups in total. The second-order valence-corrected chi connectivity index (χ2v) is 6.05. The van der Waals surface area contributed by atoms with Gasteiger partial charge in [-0.25, -0.2) is 4.79 Å². The molecule has 0 spiro atoms. The summed E-state index contributed by atoms with van der Waals surface area (Å²) in [6.45, 7) is 0. The first-order valence-electron chi connectivity index (χ1n) is 7.01. The Hall–Kier alpha value is -1.59. The predicted molar refractivity (Wildman–Crippen MR) is 81.7 cm³/mol. The molecule has 1 saturated carbocycles. The molecule has 21 heavy (non-hydrogen) atoms. The second kappa shape index (κ2) is 6.45. The van der Waals surface area contributed by atoms with Gasteiger partial charge in [-0.1, -0.05) is 30.9 Å². The first-order chi connectivity index (χ1) is 9.89. The number of carbonyl (C=O) groups is 2. The number of nitrogens with two attached hydrogens (primary N) is 1. The summed E-state index contributed by atoms with van der Waals surface area (Å²) < 4.78 is 0. The number of aromatic carboxylic acids is 1. The maximum atomic E-state index is 12.1. The van der Waals surface area contributed by atoms with Crippen LogP contribution in [0.2, 0.25) is 5.02 Å². The number of amides is 1. The van der Waals surface area contributed by atoms with Gasteiger partial charge in [0.2, 0.25) is 5.91 Å². The second-order valence-electron chi connectivity index (χ2n) is 5.65. The smallest absolute Gasteiger partial charge is 0.335 e. The summed E-state index contributed by atoms with van der Waals surface area (Å²) in [6, 6.07) is 4.21. The van der Waals surface area contributed by atoms with Gasteiger partial charge in [0.15, 0.2) is 0 Å². The molecule has 5 nitrogen and oxygen atoms in total. The molecule has 114 valence electrons. The highest BCUT2D eigenvalue weighted by Gasteiger charge is 2.30. The van der Waals surface area contributed by atoms with E-state index >= 15 is 0 Å². The monoisotopic (exact) mass is 310 g/mol. The normalized spacial score (nSPS) is 17.2. The number of carboxylic acid groups (broad SMARTS) is 1. The lowest BCUT2D eigenvalue weighted by molar-refractivity contribution is -0.117. The minimum absolute atomic E-state index is 0.0785. The van der Waals surface area contributed by atoms with E-state index in [4.69, 9.17) is 22.4 Å². The number of nitrogens with one attached hydrogen (secondary N) is 1. The summed E-state index contributed by atoms with van der Waals surface area (Å²) in [5.41, 5.74) is 6.17. The van der Waals surface area contributed by atoms with Crippen LogP contribution in [0.4, 0.5) is 5.69 Å². The van der Waals surface area contributed by atoms with Gasteiger partial charge in [0.25, 0.3) is 0 Å². The van der Waals surface area contributed by atoms with Crippen molar-refractivity contribution in [3.8, 4) is 0 Å². The van der Waals surface area contributed by atoms with Gasteiger partial charge in [-0.05, 0) is 31.0 Å². The van der Waals surface area contributed by atoms with E-state index in [0.717, 1.165) is 32.1 Å². The van der Waals surface area contributed by atoms with Gasteiger partial charge < -0.3 is 16.2 Å². The van der Waals surface area contributed by atoms with Crippen LogP contribution in [0.25, 0.3) is 0 Å². The molecule has 1 aliphatic carbocycles. The summed E-state index contributed by atoms with van der Waals surface area (Å²) >= 11 is 5.98. The highest BCUT2D eigenvalue weighted by molar-refractivity contribution is 6.33. The lowest BCUT2D eigenvalue weighted by Gasteiger charge is -2.32. The zero-order valence-corrected chi connectivity index (χ0v) is 12.4. The van der Waals surface area contributed by atoms with Crippen LogP contribution in [0, 0.1) is 0 Å². The van der Waals surface area contributed by atoms with Crippen LogP contribution in [0.3, 0.4) is 0 Å². The molecule has 0 unspecified atom stereocenters. The fourth-order valence-electron chi connectivity index (χ4n) is 2.70. The largest absolute Gasteiger partial charge is 0.478 e. The molecule has 0 aromatic heterocycles. The number of halogens is 1. The molecule has 6 heteroatoms. The van der Waals surface area contributed by atoms with Crippen molar-refractivity contribution in [1.29, 1.82) is 0 Å². The van der Waals surface area contributed by atoms with Gasteiger partial charge in [0, 0.05) is 12.0 Å². The van der Waals surface area contributed by atoms with Gasteiger partial charge in [-0.2, -0.15) is 0 Å². The van der Waals surface area contributed by atoms with Crippen molar-refractivity contribution in [1.82, 2.24) is 0 Å². The Morgan fingerprint density at radius 2 is 1.95 bits per heavy atom. The molecule has 0 aliphatic heterocycles. The summed E-state index contributed by atoms with van der Waals surface area (Å²) in [5.74, 6) is -1.30. The number of rotatable bonds is 4. The number of benzene rings is 1. The molecule has 1 aliphatic rings. The molecule has 1 aromatic rings. The summed E-state index contributed by atoms with van der Waals surface area (Å²) in [6.07, 6.45) is 5.14. The third-order valence-electron chi connectivity index (χ3n) is 3.85. The number of anilines is 1. The zero-order chi connectivity index (χ0) is 15.5. The molecule has 0 bridgehead atoms. The van der Waals surface area contributed by atoms with Crippen molar-refractivity contribution in [3.63, 3.8) is 0 Å². The van der Waals surface area contributed by atoms with Crippen LogP contribution < -0.4 is 11.1 Å². The molecule has 2 rings (SSSR count).